The molecule has 0 atom stereocenters. The summed E-state index contributed by atoms with van der Waals surface area (Å²) in [6.45, 7) is 0.678. The first-order valence-corrected chi connectivity index (χ1v) is 8.99. The first-order valence-electron chi connectivity index (χ1n) is 8.99. The summed E-state index contributed by atoms with van der Waals surface area (Å²) in [5, 5.41) is 2.73. The van der Waals surface area contributed by atoms with Crippen molar-refractivity contribution in [1.82, 2.24) is 15.3 Å². The van der Waals surface area contributed by atoms with E-state index in [1.54, 1.807) is 0 Å². The second-order valence-electron chi connectivity index (χ2n) is 6.29. The molecule has 0 bridgehead atoms. The van der Waals surface area contributed by atoms with Crippen LogP contribution in [0.3, 0.4) is 0 Å². The van der Waals surface area contributed by atoms with Crippen LogP contribution in [0.1, 0.15) is 21.6 Å². The number of primary amides is 1. The number of anilines is 1. The Bertz CT molecular complexity index is 991. The lowest BCUT2D eigenvalue weighted by Crippen LogP contribution is -2.26. The minimum atomic E-state index is -0.723. The van der Waals surface area contributed by atoms with Crippen molar-refractivity contribution in [3.63, 3.8) is 0 Å². The maximum absolute atomic E-state index is 11.8. The number of hydrogen-bond donors (Lipinski definition) is 3. The van der Waals surface area contributed by atoms with Crippen LogP contribution >= 0.6 is 0 Å². The molecule has 3 rings (SSSR count). The Balaban J connectivity index is 1.50. The summed E-state index contributed by atoms with van der Waals surface area (Å²) in [4.78, 5) is 31.2. The summed E-state index contributed by atoms with van der Waals surface area (Å²) in [6, 6.07) is 17.0. The van der Waals surface area contributed by atoms with Crippen LogP contribution in [0.4, 0.5) is 10.6 Å². The van der Waals surface area contributed by atoms with Crippen molar-refractivity contribution in [2.75, 3.05) is 12.3 Å². The highest BCUT2D eigenvalue weighted by Gasteiger charge is 2.11. The van der Waals surface area contributed by atoms with Crippen LogP contribution in [0.15, 0.2) is 60.8 Å². The van der Waals surface area contributed by atoms with E-state index >= 15 is 0 Å². The second kappa shape index (κ2) is 9.32. The third kappa shape index (κ3) is 5.52. The molecule has 5 N–H and O–H groups in total. The maximum Gasteiger partial charge on any atom is 0.407 e. The topological polar surface area (TPSA) is 133 Å². The number of rotatable bonds is 7. The Kier molecular flexibility index (Phi) is 6.36. The van der Waals surface area contributed by atoms with Gasteiger partial charge in [0.1, 0.15) is 6.61 Å². The molecule has 0 aliphatic carbocycles. The van der Waals surface area contributed by atoms with Crippen molar-refractivity contribution in [2.45, 2.75) is 13.0 Å². The van der Waals surface area contributed by atoms with E-state index < -0.39 is 12.0 Å². The van der Waals surface area contributed by atoms with E-state index in [9.17, 15) is 9.59 Å². The van der Waals surface area contributed by atoms with Gasteiger partial charge >= 0.3 is 6.09 Å². The van der Waals surface area contributed by atoms with E-state index in [1.807, 2.05) is 54.6 Å². The zero-order valence-electron chi connectivity index (χ0n) is 15.7. The molecule has 1 aromatic heterocycles. The third-order valence-corrected chi connectivity index (χ3v) is 4.18. The molecule has 0 spiro atoms. The number of nitrogens with one attached hydrogen (secondary N) is 1. The number of carbonyl (C=O) groups is 2. The van der Waals surface area contributed by atoms with Gasteiger partial charge in [0.05, 0.1) is 11.9 Å². The number of nitrogens with two attached hydrogens (primary N) is 2. The van der Waals surface area contributed by atoms with Gasteiger partial charge in [0.2, 0.25) is 0 Å². The van der Waals surface area contributed by atoms with Crippen LogP contribution < -0.4 is 16.8 Å². The van der Waals surface area contributed by atoms with Gasteiger partial charge in [0.25, 0.3) is 5.91 Å². The predicted octanol–water partition coefficient (Wildman–Crippen LogP) is 2.29. The molecule has 2 amide bonds. The number of nitrogens with zero attached hydrogens (tertiary/aromatic N) is 2. The van der Waals surface area contributed by atoms with E-state index in [0.717, 1.165) is 16.7 Å². The number of hydrogen-bond acceptors (Lipinski definition) is 6. The van der Waals surface area contributed by atoms with Gasteiger partial charge in [-0.15, -0.1) is 0 Å². The molecule has 0 aliphatic rings. The van der Waals surface area contributed by atoms with E-state index in [1.165, 1.54) is 6.20 Å². The fraction of sp³-hybridized carbons (Fsp3) is 0.143. The molecule has 148 valence electrons. The van der Waals surface area contributed by atoms with Crippen LogP contribution in [0.25, 0.3) is 11.3 Å². The van der Waals surface area contributed by atoms with Crippen molar-refractivity contribution in [3.8, 4) is 11.3 Å². The van der Waals surface area contributed by atoms with Gasteiger partial charge in [-0.1, -0.05) is 54.6 Å². The minimum absolute atomic E-state index is 0.00287. The average Bonchev–Trinajstić information content (AvgIpc) is 2.74. The molecule has 0 saturated carbocycles. The van der Waals surface area contributed by atoms with E-state index in [4.69, 9.17) is 16.2 Å². The standard InChI is InChI=1S/C21H21N5O3/c22-19-18(20(23)27)26-17(12-25-19)16-8-6-14(7-9-16)10-11-24-21(28)29-13-15-4-2-1-3-5-15/h1-9,12H,10-11,13H2,(H2,22,25)(H2,23,27)(H,24,28). The average molecular weight is 391 g/mol. The highest BCUT2D eigenvalue weighted by atomic mass is 16.5. The van der Waals surface area contributed by atoms with Crippen molar-refractivity contribution >= 4 is 17.8 Å². The highest BCUT2D eigenvalue weighted by Crippen LogP contribution is 2.19. The number of carbonyl (C=O) groups excluding carboxylic acids is 2. The maximum atomic E-state index is 11.8. The van der Waals surface area contributed by atoms with Gasteiger partial charge in [-0.25, -0.2) is 14.8 Å². The fourth-order valence-corrected chi connectivity index (χ4v) is 2.64. The lowest BCUT2D eigenvalue weighted by molar-refractivity contribution is 0.0996. The summed E-state index contributed by atoms with van der Waals surface area (Å²) in [6.07, 6.45) is 1.67. The Morgan fingerprint density at radius 1 is 1.00 bits per heavy atom. The van der Waals surface area contributed by atoms with E-state index in [2.05, 4.69) is 15.3 Å². The first-order chi connectivity index (χ1) is 14.0. The monoisotopic (exact) mass is 391 g/mol. The minimum Gasteiger partial charge on any atom is -0.445 e. The van der Waals surface area contributed by atoms with Crippen LogP contribution in [-0.2, 0) is 17.8 Å². The number of benzene rings is 2. The highest BCUT2D eigenvalue weighted by molar-refractivity contribution is 5.95. The van der Waals surface area contributed by atoms with Gasteiger partial charge in [-0.05, 0) is 17.5 Å². The largest absolute Gasteiger partial charge is 0.445 e. The van der Waals surface area contributed by atoms with Gasteiger partial charge in [-0.3, -0.25) is 4.79 Å². The predicted molar refractivity (Wildman–Crippen MR) is 109 cm³/mol. The van der Waals surface area contributed by atoms with Crippen molar-refractivity contribution in [2.24, 2.45) is 5.73 Å². The number of nitrogen functional groups attached to an aromatic ring is 1. The molecule has 8 heteroatoms. The quantitative estimate of drug-likeness (QED) is 0.566. The molecule has 0 radical (unpaired) electrons. The summed E-state index contributed by atoms with van der Waals surface area (Å²) >= 11 is 0. The number of amides is 2. The number of ether oxygens (including phenoxy) is 1. The van der Waals surface area contributed by atoms with Crippen molar-refractivity contribution < 1.29 is 14.3 Å². The molecular weight excluding hydrogens is 370 g/mol. The van der Waals surface area contributed by atoms with E-state index in [-0.39, 0.29) is 18.1 Å². The molecule has 1 heterocycles. The summed E-state index contributed by atoms with van der Waals surface area (Å²) < 4.78 is 5.17. The normalized spacial score (nSPS) is 10.3. The molecular formula is C21H21N5O3. The van der Waals surface area contributed by atoms with Crippen LogP contribution in [0, 0.1) is 0 Å². The molecule has 3 aromatic rings. The van der Waals surface area contributed by atoms with Gasteiger partial charge in [0.15, 0.2) is 11.5 Å². The Labute approximate surface area is 167 Å². The number of aromatic nitrogens is 2. The zero-order valence-corrected chi connectivity index (χ0v) is 15.7. The van der Waals surface area contributed by atoms with Crippen LogP contribution in [0.5, 0.6) is 0 Å². The first kappa shape index (κ1) is 19.8. The molecule has 0 aliphatic heterocycles. The SMILES string of the molecule is NC(=O)c1nc(-c2ccc(CCNC(=O)OCc3ccccc3)cc2)cnc1N. The van der Waals surface area contributed by atoms with Crippen LogP contribution in [-0.4, -0.2) is 28.5 Å². The van der Waals surface area contributed by atoms with Gasteiger partial charge < -0.3 is 21.5 Å². The fourth-order valence-electron chi connectivity index (χ4n) is 2.64. The smallest absolute Gasteiger partial charge is 0.407 e. The van der Waals surface area contributed by atoms with Crippen LogP contribution in [0.2, 0.25) is 0 Å². The Morgan fingerprint density at radius 2 is 1.72 bits per heavy atom. The molecule has 0 fully saturated rings. The lowest BCUT2D eigenvalue weighted by atomic mass is 10.1. The molecule has 0 unspecified atom stereocenters. The molecule has 8 nitrogen and oxygen atoms in total. The van der Waals surface area contributed by atoms with Gasteiger partial charge in [0, 0.05) is 12.1 Å². The Hall–Kier alpha value is -3.94. The summed E-state index contributed by atoms with van der Waals surface area (Å²) in [5.41, 5.74) is 14.0. The molecule has 0 saturated heterocycles. The molecule has 29 heavy (non-hydrogen) atoms. The zero-order chi connectivity index (χ0) is 20.6. The number of alkyl carbamates (subject to hydrolysis) is 1. The summed E-state index contributed by atoms with van der Waals surface area (Å²) in [5.74, 6) is -0.721. The molecule has 2 aromatic carbocycles. The van der Waals surface area contributed by atoms with Gasteiger partial charge in [-0.2, -0.15) is 0 Å². The van der Waals surface area contributed by atoms with Crippen molar-refractivity contribution in [3.05, 3.63) is 77.6 Å². The Morgan fingerprint density at radius 3 is 2.41 bits per heavy atom. The summed E-state index contributed by atoms with van der Waals surface area (Å²) in [7, 11) is 0. The second-order valence-corrected chi connectivity index (χ2v) is 6.29. The van der Waals surface area contributed by atoms with E-state index in [0.29, 0.717) is 18.7 Å². The third-order valence-electron chi connectivity index (χ3n) is 4.18. The lowest BCUT2D eigenvalue weighted by Gasteiger charge is -2.08. The van der Waals surface area contributed by atoms with Crippen molar-refractivity contribution in [1.29, 1.82) is 0 Å².